The summed E-state index contributed by atoms with van der Waals surface area (Å²) in [6, 6.07) is 7.78. The molecule has 2 atom stereocenters. The first-order valence-electron chi connectivity index (χ1n) is 6.55. The van der Waals surface area contributed by atoms with Crippen LogP contribution in [0.15, 0.2) is 18.2 Å². The zero-order valence-corrected chi connectivity index (χ0v) is 11.1. The Bertz CT molecular complexity index is 375. The number of rotatable bonds is 3. The van der Waals surface area contributed by atoms with Gasteiger partial charge in [-0.2, -0.15) is 0 Å². The molecule has 94 valence electrons. The van der Waals surface area contributed by atoms with Gasteiger partial charge in [0.25, 0.3) is 0 Å². The summed E-state index contributed by atoms with van der Waals surface area (Å²) in [6.07, 6.45) is 2.29. The van der Waals surface area contributed by atoms with Gasteiger partial charge in [0.15, 0.2) is 0 Å². The molecule has 0 radical (unpaired) electrons. The predicted molar refractivity (Wildman–Crippen MR) is 71.4 cm³/mol. The van der Waals surface area contributed by atoms with Crippen molar-refractivity contribution in [2.75, 3.05) is 13.2 Å². The van der Waals surface area contributed by atoms with Crippen LogP contribution in [-0.2, 0) is 11.2 Å². The van der Waals surface area contributed by atoms with E-state index in [1.54, 1.807) is 0 Å². The molecular formula is C15H23NO. The second-order valence-electron chi connectivity index (χ2n) is 5.26. The first-order chi connectivity index (χ1) is 8.15. The van der Waals surface area contributed by atoms with Crippen molar-refractivity contribution in [3.05, 3.63) is 34.9 Å². The topological polar surface area (TPSA) is 21.3 Å². The molecule has 1 heterocycles. The van der Waals surface area contributed by atoms with E-state index in [2.05, 4.69) is 44.3 Å². The summed E-state index contributed by atoms with van der Waals surface area (Å²) >= 11 is 0. The van der Waals surface area contributed by atoms with Crippen molar-refractivity contribution in [2.45, 2.75) is 45.7 Å². The van der Waals surface area contributed by atoms with Crippen LogP contribution < -0.4 is 5.32 Å². The number of morpholine rings is 1. The van der Waals surface area contributed by atoms with Crippen LogP contribution in [0.1, 0.15) is 30.0 Å². The first-order valence-corrected chi connectivity index (χ1v) is 6.55. The van der Waals surface area contributed by atoms with Gasteiger partial charge in [0, 0.05) is 12.1 Å². The third-order valence-electron chi connectivity index (χ3n) is 3.56. The molecular weight excluding hydrogens is 210 g/mol. The Morgan fingerprint density at radius 2 is 2.06 bits per heavy atom. The van der Waals surface area contributed by atoms with Gasteiger partial charge in [0.05, 0.1) is 13.2 Å². The number of hydrogen-bond acceptors (Lipinski definition) is 2. The number of benzene rings is 1. The molecule has 0 aromatic heterocycles. The van der Waals surface area contributed by atoms with Crippen LogP contribution in [0.25, 0.3) is 0 Å². The van der Waals surface area contributed by atoms with Crippen molar-refractivity contribution in [2.24, 2.45) is 0 Å². The molecule has 0 amide bonds. The standard InChI is InChI=1S/C15H23NO/c1-11-4-5-14(8-12(11)2)6-7-15-10-17-9-13(3)16-15/h4-5,8,13,15-16H,6-7,9-10H2,1-3H3. The summed E-state index contributed by atoms with van der Waals surface area (Å²) in [5, 5.41) is 3.59. The molecule has 17 heavy (non-hydrogen) atoms. The highest BCUT2D eigenvalue weighted by atomic mass is 16.5. The summed E-state index contributed by atoms with van der Waals surface area (Å²) < 4.78 is 5.56. The molecule has 1 saturated heterocycles. The number of nitrogens with one attached hydrogen (secondary N) is 1. The molecule has 1 aromatic carbocycles. The quantitative estimate of drug-likeness (QED) is 0.866. The smallest absolute Gasteiger partial charge is 0.0620 e. The van der Waals surface area contributed by atoms with Crippen molar-refractivity contribution in [1.82, 2.24) is 5.32 Å². The fourth-order valence-corrected chi connectivity index (χ4v) is 2.35. The Labute approximate surface area is 104 Å². The molecule has 1 N–H and O–H groups in total. The Morgan fingerprint density at radius 3 is 2.76 bits per heavy atom. The Kier molecular flexibility index (Phi) is 4.19. The summed E-state index contributed by atoms with van der Waals surface area (Å²) in [6.45, 7) is 8.23. The van der Waals surface area contributed by atoms with E-state index in [0.717, 1.165) is 26.1 Å². The highest BCUT2D eigenvalue weighted by molar-refractivity contribution is 5.29. The average Bonchev–Trinajstić information content (AvgIpc) is 2.31. The highest BCUT2D eigenvalue weighted by Crippen LogP contribution is 2.13. The third kappa shape index (κ3) is 3.55. The lowest BCUT2D eigenvalue weighted by molar-refractivity contribution is 0.0483. The number of aryl methyl sites for hydroxylation is 3. The molecule has 1 aliphatic rings. The fraction of sp³-hybridized carbons (Fsp3) is 0.600. The minimum atomic E-state index is 0.494. The molecule has 2 unspecified atom stereocenters. The van der Waals surface area contributed by atoms with Crippen LogP contribution in [0.5, 0.6) is 0 Å². The fourth-order valence-electron chi connectivity index (χ4n) is 2.35. The molecule has 0 spiro atoms. The van der Waals surface area contributed by atoms with Crippen LogP contribution in [-0.4, -0.2) is 25.3 Å². The van der Waals surface area contributed by atoms with Gasteiger partial charge in [0.1, 0.15) is 0 Å². The van der Waals surface area contributed by atoms with E-state index in [1.807, 2.05) is 0 Å². The lowest BCUT2D eigenvalue weighted by Gasteiger charge is -2.29. The predicted octanol–water partition coefficient (Wildman–Crippen LogP) is 2.61. The van der Waals surface area contributed by atoms with Crippen LogP contribution in [0.3, 0.4) is 0 Å². The molecule has 1 aromatic rings. The van der Waals surface area contributed by atoms with Gasteiger partial charge in [-0.25, -0.2) is 0 Å². The zero-order valence-electron chi connectivity index (χ0n) is 11.1. The minimum absolute atomic E-state index is 0.494. The van der Waals surface area contributed by atoms with Gasteiger partial charge >= 0.3 is 0 Å². The summed E-state index contributed by atoms with van der Waals surface area (Å²) in [4.78, 5) is 0. The minimum Gasteiger partial charge on any atom is -0.378 e. The summed E-state index contributed by atoms with van der Waals surface area (Å²) in [5.41, 5.74) is 4.21. The summed E-state index contributed by atoms with van der Waals surface area (Å²) in [7, 11) is 0. The van der Waals surface area contributed by atoms with Gasteiger partial charge < -0.3 is 10.1 Å². The monoisotopic (exact) mass is 233 g/mol. The Morgan fingerprint density at radius 1 is 1.24 bits per heavy atom. The van der Waals surface area contributed by atoms with E-state index in [9.17, 15) is 0 Å². The normalized spacial score (nSPS) is 24.9. The molecule has 0 bridgehead atoms. The molecule has 1 fully saturated rings. The average molecular weight is 233 g/mol. The maximum atomic E-state index is 5.56. The van der Waals surface area contributed by atoms with Gasteiger partial charge in [-0.3, -0.25) is 0 Å². The van der Waals surface area contributed by atoms with Gasteiger partial charge in [-0.15, -0.1) is 0 Å². The lowest BCUT2D eigenvalue weighted by atomic mass is 10.0. The van der Waals surface area contributed by atoms with Crippen molar-refractivity contribution >= 4 is 0 Å². The molecule has 2 heteroatoms. The van der Waals surface area contributed by atoms with E-state index in [-0.39, 0.29) is 0 Å². The van der Waals surface area contributed by atoms with Gasteiger partial charge in [0.2, 0.25) is 0 Å². The molecule has 0 saturated carbocycles. The van der Waals surface area contributed by atoms with Crippen LogP contribution >= 0.6 is 0 Å². The molecule has 0 aliphatic carbocycles. The first kappa shape index (κ1) is 12.6. The van der Waals surface area contributed by atoms with Crippen molar-refractivity contribution < 1.29 is 4.74 Å². The second-order valence-corrected chi connectivity index (χ2v) is 5.26. The van der Waals surface area contributed by atoms with E-state index in [0.29, 0.717) is 12.1 Å². The Balaban J connectivity index is 1.86. The maximum absolute atomic E-state index is 5.56. The lowest BCUT2D eigenvalue weighted by Crippen LogP contribution is -2.47. The van der Waals surface area contributed by atoms with Crippen LogP contribution in [0, 0.1) is 13.8 Å². The molecule has 2 nitrogen and oxygen atoms in total. The number of ether oxygens (including phenoxy) is 1. The molecule has 2 rings (SSSR count). The maximum Gasteiger partial charge on any atom is 0.0620 e. The third-order valence-corrected chi connectivity index (χ3v) is 3.56. The highest BCUT2D eigenvalue weighted by Gasteiger charge is 2.17. The summed E-state index contributed by atoms with van der Waals surface area (Å²) in [5.74, 6) is 0. The molecule has 1 aliphatic heterocycles. The van der Waals surface area contributed by atoms with Crippen LogP contribution in [0.2, 0.25) is 0 Å². The van der Waals surface area contributed by atoms with E-state index in [1.165, 1.54) is 16.7 Å². The van der Waals surface area contributed by atoms with Gasteiger partial charge in [-0.05, 0) is 50.3 Å². The van der Waals surface area contributed by atoms with E-state index >= 15 is 0 Å². The number of hydrogen-bond donors (Lipinski definition) is 1. The second kappa shape index (κ2) is 5.65. The van der Waals surface area contributed by atoms with Crippen molar-refractivity contribution in [3.63, 3.8) is 0 Å². The van der Waals surface area contributed by atoms with Crippen molar-refractivity contribution in [1.29, 1.82) is 0 Å². The Hall–Kier alpha value is -0.860. The zero-order chi connectivity index (χ0) is 12.3. The van der Waals surface area contributed by atoms with Gasteiger partial charge in [-0.1, -0.05) is 18.2 Å². The van der Waals surface area contributed by atoms with E-state index < -0.39 is 0 Å². The van der Waals surface area contributed by atoms with Crippen molar-refractivity contribution in [3.8, 4) is 0 Å². The largest absolute Gasteiger partial charge is 0.378 e. The van der Waals surface area contributed by atoms with E-state index in [4.69, 9.17) is 4.74 Å². The SMILES string of the molecule is Cc1ccc(CCC2COCC(C)N2)cc1C. The van der Waals surface area contributed by atoms with Crippen LogP contribution in [0.4, 0.5) is 0 Å².